The largest absolute Gasteiger partial charge is 0.274 e. The van der Waals surface area contributed by atoms with Crippen molar-refractivity contribution >= 4 is 17.3 Å². The van der Waals surface area contributed by atoms with Crippen molar-refractivity contribution in [1.29, 1.82) is 0 Å². The Morgan fingerprint density at radius 1 is 1.33 bits per heavy atom. The number of rotatable bonds is 3. The smallest absolute Gasteiger partial charge is 0.258 e. The SMILES string of the molecule is CCc1c(Cl)cc([N+](=O)[O-])c(CC)c1C. The molecule has 1 aromatic rings. The maximum Gasteiger partial charge on any atom is 0.274 e. The number of nitro benzene ring substituents is 1. The van der Waals surface area contributed by atoms with Gasteiger partial charge in [-0.05, 0) is 30.9 Å². The van der Waals surface area contributed by atoms with Crippen LogP contribution in [0, 0.1) is 17.0 Å². The fourth-order valence-electron chi connectivity index (χ4n) is 1.89. The third-order valence-electron chi connectivity index (χ3n) is 2.67. The molecule has 0 N–H and O–H groups in total. The molecule has 0 heterocycles. The minimum atomic E-state index is -0.364. The quantitative estimate of drug-likeness (QED) is 0.584. The van der Waals surface area contributed by atoms with Crippen LogP contribution in [0.1, 0.15) is 30.5 Å². The van der Waals surface area contributed by atoms with Crippen LogP contribution in [0.15, 0.2) is 6.07 Å². The summed E-state index contributed by atoms with van der Waals surface area (Å²) in [5.41, 5.74) is 2.90. The van der Waals surface area contributed by atoms with Gasteiger partial charge in [-0.2, -0.15) is 0 Å². The van der Waals surface area contributed by atoms with Crippen molar-refractivity contribution in [3.63, 3.8) is 0 Å². The predicted molar refractivity (Wildman–Crippen MR) is 61.6 cm³/mol. The van der Waals surface area contributed by atoms with Gasteiger partial charge in [0.2, 0.25) is 0 Å². The Morgan fingerprint density at radius 2 is 1.87 bits per heavy atom. The summed E-state index contributed by atoms with van der Waals surface area (Å²) >= 11 is 6.00. The summed E-state index contributed by atoms with van der Waals surface area (Å²) in [5, 5.41) is 11.3. The molecular weight excluding hydrogens is 214 g/mol. The van der Waals surface area contributed by atoms with Crippen molar-refractivity contribution < 1.29 is 4.92 Å². The molecule has 0 bridgehead atoms. The van der Waals surface area contributed by atoms with Gasteiger partial charge >= 0.3 is 0 Å². The van der Waals surface area contributed by atoms with E-state index in [0.29, 0.717) is 11.4 Å². The van der Waals surface area contributed by atoms with E-state index in [0.717, 1.165) is 23.1 Å². The van der Waals surface area contributed by atoms with Crippen molar-refractivity contribution in [1.82, 2.24) is 0 Å². The third kappa shape index (κ3) is 2.12. The Bertz CT molecular complexity index is 402. The molecule has 0 aliphatic heterocycles. The monoisotopic (exact) mass is 227 g/mol. The summed E-state index contributed by atoms with van der Waals surface area (Å²) in [5.74, 6) is 0. The molecule has 0 radical (unpaired) electrons. The number of hydrogen-bond acceptors (Lipinski definition) is 2. The lowest BCUT2D eigenvalue weighted by Gasteiger charge is -2.11. The molecule has 0 spiro atoms. The Hall–Kier alpha value is -1.09. The predicted octanol–water partition coefficient (Wildman–Crippen LogP) is 3.68. The number of nitrogens with zero attached hydrogens (tertiary/aromatic N) is 1. The van der Waals surface area contributed by atoms with Crippen molar-refractivity contribution in [3.8, 4) is 0 Å². The highest BCUT2D eigenvalue weighted by Gasteiger charge is 2.19. The van der Waals surface area contributed by atoms with E-state index < -0.39 is 0 Å². The second-order valence-electron chi connectivity index (χ2n) is 3.42. The summed E-state index contributed by atoms with van der Waals surface area (Å²) in [6.45, 7) is 5.82. The molecule has 0 aliphatic carbocycles. The Labute approximate surface area is 94.2 Å². The van der Waals surface area contributed by atoms with Crippen LogP contribution in [0.3, 0.4) is 0 Å². The van der Waals surface area contributed by atoms with Gasteiger partial charge in [0.25, 0.3) is 5.69 Å². The Kier molecular flexibility index (Phi) is 3.69. The van der Waals surface area contributed by atoms with Crippen LogP contribution >= 0.6 is 11.6 Å². The summed E-state index contributed by atoms with van der Waals surface area (Å²) in [7, 11) is 0. The van der Waals surface area contributed by atoms with Gasteiger partial charge < -0.3 is 0 Å². The van der Waals surface area contributed by atoms with Crippen LogP contribution in [0.2, 0.25) is 5.02 Å². The van der Waals surface area contributed by atoms with E-state index in [9.17, 15) is 10.1 Å². The van der Waals surface area contributed by atoms with E-state index in [-0.39, 0.29) is 10.6 Å². The van der Waals surface area contributed by atoms with Crippen LogP contribution in [0.4, 0.5) is 5.69 Å². The fraction of sp³-hybridized carbons (Fsp3) is 0.455. The molecule has 0 amide bonds. The molecule has 15 heavy (non-hydrogen) atoms. The van der Waals surface area contributed by atoms with Gasteiger partial charge in [-0.3, -0.25) is 10.1 Å². The zero-order valence-electron chi connectivity index (χ0n) is 9.13. The molecule has 0 saturated heterocycles. The average Bonchev–Trinajstić information content (AvgIpc) is 2.17. The van der Waals surface area contributed by atoms with E-state index in [1.54, 1.807) is 0 Å². The molecule has 4 heteroatoms. The van der Waals surface area contributed by atoms with Gasteiger partial charge in [0.15, 0.2) is 0 Å². The van der Waals surface area contributed by atoms with E-state index in [2.05, 4.69) is 0 Å². The highest BCUT2D eigenvalue weighted by atomic mass is 35.5. The van der Waals surface area contributed by atoms with Crippen LogP contribution in [-0.4, -0.2) is 4.92 Å². The molecule has 0 aliphatic rings. The minimum Gasteiger partial charge on any atom is -0.258 e. The molecule has 82 valence electrons. The lowest BCUT2D eigenvalue weighted by Crippen LogP contribution is -2.01. The first-order chi connectivity index (χ1) is 7.02. The van der Waals surface area contributed by atoms with Crippen molar-refractivity contribution in [2.24, 2.45) is 0 Å². The third-order valence-corrected chi connectivity index (χ3v) is 3.01. The molecule has 1 aromatic carbocycles. The molecule has 0 fully saturated rings. The number of nitro groups is 1. The Morgan fingerprint density at radius 3 is 2.27 bits per heavy atom. The maximum atomic E-state index is 10.8. The van der Waals surface area contributed by atoms with Crippen LogP contribution in [-0.2, 0) is 12.8 Å². The molecule has 0 saturated carbocycles. The average molecular weight is 228 g/mol. The van der Waals surface area contributed by atoms with Crippen molar-refractivity contribution in [3.05, 3.63) is 37.9 Å². The summed E-state index contributed by atoms with van der Waals surface area (Å²) in [6.07, 6.45) is 1.46. The van der Waals surface area contributed by atoms with E-state index in [1.807, 2.05) is 20.8 Å². The standard InChI is InChI=1S/C11H14ClNO2/c1-4-8-7(3)9(5-2)11(13(14)15)6-10(8)12/h6H,4-5H2,1-3H3. The first-order valence-corrected chi connectivity index (χ1v) is 5.35. The molecular formula is C11H14ClNO2. The minimum absolute atomic E-state index is 0.136. The first-order valence-electron chi connectivity index (χ1n) is 4.98. The highest BCUT2D eigenvalue weighted by Crippen LogP contribution is 2.31. The fourth-order valence-corrected chi connectivity index (χ4v) is 2.27. The highest BCUT2D eigenvalue weighted by molar-refractivity contribution is 6.31. The maximum absolute atomic E-state index is 10.8. The lowest BCUT2D eigenvalue weighted by molar-refractivity contribution is -0.385. The molecule has 0 aromatic heterocycles. The number of benzene rings is 1. The molecule has 3 nitrogen and oxygen atoms in total. The topological polar surface area (TPSA) is 43.1 Å². The summed E-state index contributed by atoms with van der Waals surface area (Å²) in [6, 6.07) is 1.46. The zero-order valence-corrected chi connectivity index (χ0v) is 9.89. The van der Waals surface area contributed by atoms with Crippen LogP contribution < -0.4 is 0 Å². The van der Waals surface area contributed by atoms with E-state index in [4.69, 9.17) is 11.6 Å². The molecule has 0 unspecified atom stereocenters. The van der Waals surface area contributed by atoms with E-state index in [1.165, 1.54) is 6.07 Å². The Balaban J connectivity index is 3.51. The summed E-state index contributed by atoms with van der Waals surface area (Å²) in [4.78, 5) is 10.5. The summed E-state index contributed by atoms with van der Waals surface area (Å²) < 4.78 is 0. The molecule has 1 rings (SSSR count). The van der Waals surface area contributed by atoms with Gasteiger partial charge in [0.05, 0.1) is 9.95 Å². The van der Waals surface area contributed by atoms with E-state index >= 15 is 0 Å². The van der Waals surface area contributed by atoms with Gasteiger partial charge in [-0.25, -0.2) is 0 Å². The van der Waals surface area contributed by atoms with Gasteiger partial charge in [0.1, 0.15) is 0 Å². The van der Waals surface area contributed by atoms with Crippen molar-refractivity contribution in [2.45, 2.75) is 33.6 Å². The molecule has 0 atom stereocenters. The van der Waals surface area contributed by atoms with Gasteiger partial charge in [-0.1, -0.05) is 25.4 Å². The van der Waals surface area contributed by atoms with Crippen LogP contribution in [0.25, 0.3) is 0 Å². The number of halogens is 1. The zero-order chi connectivity index (χ0) is 11.6. The van der Waals surface area contributed by atoms with Crippen LogP contribution in [0.5, 0.6) is 0 Å². The van der Waals surface area contributed by atoms with Crippen molar-refractivity contribution in [2.75, 3.05) is 0 Å². The van der Waals surface area contributed by atoms with Gasteiger partial charge in [-0.15, -0.1) is 0 Å². The normalized spacial score (nSPS) is 10.4. The first kappa shape index (κ1) is 12.0. The van der Waals surface area contributed by atoms with Gasteiger partial charge in [0, 0.05) is 11.6 Å². The lowest BCUT2D eigenvalue weighted by atomic mass is 9.97. The second kappa shape index (κ2) is 4.62. The second-order valence-corrected chi connectivity index (χ2v) is 3.83. The number of hydrogen-bond donors (Lipinski definition) is 0.